The van der Waals surface area contributed by atoms with Crippen LogP contribution in [0.1, 0.15) is 50.2 Å². The molecule has 1 N–H and O–H groups in total. The molecule has 1 spiro atoms. The molecule has 0 aromatic heterocycles. The van der Waals surface area contributed by atoms with Crippen molar-refractivity contribution in [1.29, 1.82) is 0 Å². The first-order chi connectivity index (χ1) is 13.6. The molecule has 2 saturated carbocycles. The van der Waals surface area contributed by atoms with E-state index in [1.54, 1.807) is 4.90 Å². The fourth-order valence-corrected chi connectivity index (χ4v) is 7.32. The Kier molecular flexibility index (Phi) is 3.78. The van der Waals surface area contributed by atoms with E-state index in [-0.39, 0.29) is 23.6 Å². The lowest BCUT2D eigenvalue weighted by atomic mass is 9.53. The van der Waals surface area contributed by atoms with Gasteiger partial charge in [0, 0.05) is 17.9 Å². The van der Waals surface area contributed by atoms with Crippen LogP contribution in [0.5, 0.6) is 0 Å². The molecule has 3 heterocycles. The molecule has 0 radical (unpaired) electrons. The molecule has 150 valence electrons. The van der Waals surface area contributed by atoms with Crippen LogP contribution in [0.4, 0.5) is 0 Å². The molecule has 1 aromatic carbocycles. The van der Waals surface area contributed by atoms with Gasteiger partial charge in [0.1, 0.15) is 18.6 Å². The van der Waals surface area contributed by atoms with Crippen LogP contribution in [-0.2, 0) is 27.2 Å². The van der Waals surface area contributed by atoms with Gasteiger partial charge in [0.2, 0.25) is 0 Å². The van der Waals surface area contributed by atoms with Crippen molar-refractivity contribution < 1.29 is 19.2 Å². The minimum absolute atomic E-state index is 0.0764. The maximum absolute atomic E-state index is 12.9. The molecular formula is C24H32NO3+. The van der Waals surface area contributed by atoms with E-state index < -0.39 is 0 Å². The Bertz CT molecular complexity index is 803. The zero-order valence-electron chi connectivity index (χ0n) is 16.9. The summed E-state index contributed by atoms with van der Waals surface area (Å²) in [6, 6.07) is 8.79. The summed E-state index contributed by atoms with van der Waals surface area (Å²) in [4.78, 5) is 14.4. The predicted octanol–water partition coefficient (Wildman–Crippen LogP) is 2.15. The predicted molar refractivity (Wildman–Crippen MR) is 105 cm³/mol. The number of rotatable bonds is 2. The molecule has 1 unspecified atom stereocenters. The molecule has 28 heavy (non-hydrogen) atoms. The monoisotopic (exact) mass is 382 g/mol. The first-order valence-corrected chi connectivity index (χ1v) is 11.3. The maximum atomic E-state index is 12.9. The number of ether oxygens (including phenoxy) is 2. The lowest BCUT2D eigenvalue weighted by molar-refractivity contribution is -0.918. The van der Waals surface area contributed by atoms with Gasteiger partial charge in [0.15, 0.2) is 0 Å². The molecule has 1 aromatic rings. The second-order valence-electron chi connectivity index (χ2n) is 10.5. The van der Waals surface area contributed by atoms with Crippen LogP contribution in [0.2, 0.25) is 0 Å². The third-order valence-corrected chi connectivity index (χ3v) is 8.89. The summed E-state index contributed by atoms with van der Waals surface area (Å²) in [5.74, 6) is 1.17. The van der Waals surface area contributed by atoms with Crippen molar-refractivity contribution in [2.75, 3.05) is 19.7 Å². The molecule has 4 fully saturated rings. The zero-order valence-corrected chi connectivity index (χ0v) is 16.9. The molecular weight excluding hydrogens is 350 g/mol. The summed E-state index contributed by atoms with van der Waals surface area (Å²) in [7, 11) is 0. The highest BCUT2D eigenvalue weighted by molar-refractivity contribution is 5.75. The highest BCUT2D eigenvalue weighted by atomic mass is 16.6. The number of benzene rings is 1. The molecule has 2 saturated heterocycles. The van der Waals surface area contributed by atoms with Gasteiger partial charge in [-0.1, -0.05) is 31.2 Å². The van der Waals surface area contributed by atoms with Crippen molar-refractivity contribution in [3.8, 4) is 0 Å². The molecule has 7 atom stereocenters. The first kappa shape index (κ1) is 17.5. The van der Waals surface area contributed by atoms with Crippen molar-refractivity contribution in [1.82, 2.24) is 0 Å². The number of carbonyl (C=O) groups excluding carboxylic acids is 1. The SMILES string of the molecule is C[C@]12CCC[C@]3(CO3)[C@@H]1C[C@H]1[C@@H](C2)OC(=O)[C@@H]1C[NH+]1CCc2ccccc2C1. The molecule has 4 nitrogen and oxygen atoms in total. The quantitative estimate of drug-likeness (QED) is 0.630. The van der Waals surface area contributed by atoms with Gasteiger partial charge in [0.05, 0.1) is 25.3 Å². The van der Waals surface area contributed by atoms with Crippen molar-refractivity contribution in [3.63, 3.8) is 0 Å². The summed E-state index contributed by atoms with van der Waals surface area (Å²) < 4.78 is 12.0. The number of nitrogens with one attached hydrogen (secondary N) is 1. The summed E-state index contributed by atoms with van der Waals surface area (Å²) in [5.41, 5.74) is 3.38. The normalized spacial score (nSPS) is 46.5. The second-order valence-corrected chi connectivity index (χ2v) is 10.5. The van der Waals surface area contributed by atoms with E-state index in [0.29, 0.717) is 17.3 Å². The van der Waals surface area contributed by atoms with E-state index in [9.17, 15) is 4.79 Å². The van der Waals surface area contributed by atoms with Crippen molar-refractivity contribution in [2.24, 2.45) is 23.2 Å². The lowest BCUT2D eigenvalue weighted by Crippen LogP contribution is -3.12. The van der Waals surface area contributed by atoms with Crippen LogP contribution in [0.15, 0.2) is 24.3 Å². The third-order valence-electron chi connectivity index (χ3n) is 8.89. The van der Waals surface area contributed by atoms with E-state index >= 15 is 0 Å². The number of hydrogen-bond donors (Lipinski definition) is 1. The fourth-order valence-electron chi connectivity index (χ4n) is 7.32. The van der Waals surface area contributed by atoms with Gasteiger partial charge in [-0.2, -0.15) is 0 Å². The minimum Gasteiger partial charge on any atom is -0.462 e. The lowest BCUT2D eigenvalue weighted by Gasteiger charge is -2.51. The van der Waals surface area contributed by atoms with Crippen LogP contribution < -0.4 is 4.90 Å². The van der Waals surface area contributed by atoms with Crippen LogP contribution in [0.3, 0.4) is 0 Å². The van der Waals surface area contributed by atoms with Crippen LogP contribution in [-0.4, -0.2) is 37.4 Å². The number of quaternary nitrogens is 1. The molecule has 2 aliphatic carbocycles. The van der Waals surface area contributed by atoms with Gasteiger partial charge in [-0.3, -0.25) is 4.79 Å². The Labute approximate surface area is 167 Å². The largest absolute Gasteiger partial charge is 0.462 e. The zero-order chi connectivity index (χ0) is 18.9. The molecule has 4 heteroatoms. The minimum atomic E-state index is 0.0764. The van der Waals surface area contributed by atoms with Crippen LogP contribution in [0, 0.1) is 23.2 Å². The van der Waals surface area contributed by atoms with Crippen LogP contribution >= 0.6 is 0 Å². The number of hydrogen-bond acceptors (Lipinski definition) is 3. The fraction of sp³-hybridized carbons (Fsp3) is 0.708. The topological polar surface area (TPSA) is 43.3 Å². The summed E-state index contributed by atoms with van der Waals surface area (Å²) >= 11 is 0. The van der Waals surface area contributed by atoms with Crippen molar-refractivity contribution >= 4 is 5.97 Å². The number of carbonyl (C=O) groups is 1. The van der Waals surface area contributed by atoms with Crippen LogP contribution in [0.25, 0.3) is 0 Å². The van der Waals surface area contributed by atoms with Gasteiger partial charge < -0.3 is 14.4 Å². The Morgan fingerprint density at radius 3 is 2.86 bits per heavy atom. The Balaban J connectivity index is 1.21. The second kappa shape index (κ2) is 6.06. The Hall–Kier alpha value is -1.39. The van der Waals surface area contributed by atoms with Gasteiger partial charge in [-0.05, 0) is 49.0 Å². The van der Waals surface area contributed by atoms with Gasteiger partial charge in [-0.15, -0.1) is 0 Å². The molecule has 5 aliphatic rings. The van der Waals surface area contributed by atoms with E-state index in [2.05, 4.69) is 31.2 Å². The van der Waals surface area contributed by atoms with E-state index in [1.807, 2.05) is 0 Å². The highest BCUT2D eigenvalue weighted by Gasteiger charge is 2.65. The molecule has 6 rings (SSSR count). The van der Waals surface area contributed by atoms with Gasteiger partial charge >= 0.3 is 5.97 Å². The first-order valence-electron chi connectivity index (χ1n) is 11.3. The van der Waals surface area contributed by atoms with Gasteiger partial charge in [-0.25, -0.2) is 0 Å². The summed E-state index contributed by atoms with van der Waals surface area (Å²) in [6.07, 6.45) is 7.19. The summed E-state index contributed by atoms with van der Waals surface area (Å²) in [6.45, 7) is 6.49. The standard InChI is InChI=1S/C24H31NO3/c1-23-8-4-9-24(15-27-24)21(23)11-18-19(22(26)28-20(18)12-23)14-25-10-7-16-5-2-3-6-17(16)13-25/h2-3,5-6,18-21H,4,7-15H2,1H3/p+1/t18-,19-,20-,21-,23-,24+/m1/s1. The molecule has 3 aliphatic heterocycles. The molecule has 0 amide bonds. The number of esters is 1. The average molecular weight is 383 g/mol. The molecule has 0 bridgehead atoms. The smallest absolute Gasteiger partial charge is 0.315 e. The summed E-state index contributed by atoms with van der Waals surface area (Å²) in [5, 5.41) is 0. The van der Waals surface area contributed by atoms with Gasteiger partial charge in [0.25, 0.3) is 0 Å². The maximum Gasteiger partial charge on any atom is 0.315 e. The van der Waals surface area contributed by atoms with E-state index in [1.165, 1.54) is 30.4 Å². The highest BCUT2D eigenvalue weighted by Crippen LogP contribution is 2.62. The number of fused-ring (bicyclic) bond motifs is 4. The Morgan fingerprint density at radius 1 is 1.21 bits per heavy atom. The Morgan fingerprint density at radius 2 is 2.04 bits per heavy atom. The van der Waals surface area contributed by atoms with E-state index in [0.717, 1.165) is 45.5 Å². The third kappa shape index (κ3) is 2.60. The number of epoxide rings is 1. The van der Waals surface area contributed by atoms with E-state index in [4.69, 9.17) is 9.47 Å². The average Bonchev–Trinajstić information content (AvgIpc) is 3.39. The van der Waals surface area contributed by atoms with Crippen molar-refractivity contribution in [3.05, 3.63) is 35.4 Å². The van der Waals surface area contributed by atoms with Crippen molar-refractivity contribution in [2.45, 2.75) is 63.7 Å².